The first-order valence-corrected chi connectivity index (χ1v) is 11.9. The third kappa shape index (κ3) is 0.651. The van der Waals surface area contributed by atoms with Crippen LogP contribution in [0.4, 0.5) is 0 Å². The number of hydrogen-bond donors (Lipinski definition) is 0. The van der Waals surface area contributed by atoms with Gasteiger partial charge in [-0.05, 0) is 0 Å². The number of rotatable bonds is 0. The van der Waals surface area contributed by atoms with E-state index >= 15 is 0 Å². The molecule has 3 aliphatic heterocycles. The summed E-state index contributed by atoms with van der Waals surface area (Å²) in [5.74, 6) is 0. The molecule has 0 bridgehead atoms. The quantitative estimate of drug-likeness (QED) is 0.469. The van der Waals surface area contributed by atoms with E-state index in [1.54, 1.807) is 0 Å². The van der Waals surface area contributed by atoms with E-state index in [0.29, 0.717) is 12.4 Å². The van der Waals surface area contributed by atoms with Gasteiger partial charge >= 0.3 is 111 Å². The number of nitrogens with zero attached hydrogens (tertiary/aromatic N) is 3. The molecule has 3 rings (SSSR count). The van der Waals surface area contributed by atoms with Crippen LogP contribution in [0.1, 0.15) is 0 Å². The van der Waals surface area contributed by atoms with Gasteiger partial charge in [0, 0.05) is 0 Å². The number of hydrogen-bond acceptors (Lipinski definition) is 0. The van der Waals surface area contributed by atoms with Gasteiger partial charge in [0.2, 0.25) is 0 Å². The minimum atomic E-state index is -4.25. The van der Waals surface area contributed by atoms with Gasteiger partial charge in [0.15, 0.2) is 0 Å². The zero-order valence-corrected chi connectivity index (χ0v) is 13.5. The molecule has 0 aromatic heterocycles. The summed E-state index contributed by atoms with van der Waals surface area (Å²) in [6, 6.07) is 0. The Morgan fingerprint density at radius 2 is 0.812 bits per heavy atom. The van der Waals surface area contributed by atoms with Crippen LogP contribution in [-0.4, -0.2) is 77.9 Å². The first kappa shape index (κ1) is 12.0. The summed E-state index contributed by atoms with van der Waals surface area (Å²) in [5, 5.41) is -4.25. The topological polar surface area (TPSA) is 0 Å². The van der Waals surface area contributed by atoms with Crippen molar-refractivity contribution in [2.75, 3.05) is 60.4 Å². The molecule has 0 aliphatic carbocycles. The predicted octanol–water partition coefficient (Wildman–Crippen LogP) is 1.42. The number of halogens is 3. The Labute approximate surface area is 111 Å². The molecule has 3 saturated heterocycles. The van der Waals surface area contributed by atoms with Crippen LogP contribution in [0.15, 0.2) is 0 Å². The summed E-state index contributed by atoms with van der Waals surface area (Å²) < 4.78 is 2.10. The fourth-order valence-corrected chi connectivity index (χ4v) is 16.2. The van der Waals surface area contributed by atoms with Crippen molar-refractivity contribution in [1.29, 1.82) is 0 Å². The SMILES string of the molecule is C[N+]12CC[N+]3(C)CC[N+](C)(CC1)[Si-2]23(Cl)(Cl)Cl. The molecule has 7 heteroatoms. The summed E-state index contributed by atoms with van der Waals surface area (Å²) in [4.78, 5) is 0. The van der Waals surface area contributed by atoms with Crippen LogP contribution in [0.5, 0.6) is 0 Å². The van der Waals surface area contributed by atoms with Crippen molar-refractivity contribution < 1.29 is 12.4 Å². The molecular formula is C9H21Cl3N3Si+. The van der Waals surface area contributed by atoms with Gasteiger partial charge in [-0.2, -0.15) is 0 Å². The second-order valence-electron chi connectivity index (χ2n) is 6.80. The van der Waals surface area contributed by atoms with Gasteiger partial charge in [0.1, 0.15) is 0 Å². The Bertz CT molecular complexity index is 344. The van der Waals surface area contributed by atoms with E-state index in [-0.39, 0.29) is 0 Å². The normalized spacial score (nSPS) is 64.1. The van der Waals surface area contributed by atoms with Crippen molar-refractivity contribution in [2.24, 2.45) is 0 Å². The minimum absolute atomic E-state index is 0.701. The summed E-state index contributed by atoms with van der Waals surface area (Å²) in [6.07, 6.45) is 0. The Kier molecular flexibility index (Phi) is 1.68. The first-order chi connectivity index (χ1) is 6.96. The molecule has 3 fully saturated rings. The van der Waals surface area contributed by atoms with E-state index in [9.17, 15) is 0 Å². The van der Waals surface area contributed by atoms with Gasteiger partial charge < -0.3 is 0 Å². The molecule has 0 saturated carbocycles. The van der Waals surface area contributed by atoms with Gasteiger partial charge in [0.25, 0.3) is 0 Å². The Morgan fingerprint density at radius 1 is 0.625 bits per heavy atom. The maximum absolute atomic E-state index is 7.27. The van der Waals surface area contributed by atoms with Crippen molar-refractivity contribution in [1.82, 2.24) is 0 Å². The van der Waals surface area contributed by atoms with Crippen LogP contribution >= 0.6 is 33.2 Å². The number of quaternary nitrogens is 3. The standard InChI is InChI=1S/C9H21Cl3N3Si/c1-13-4-6-14(2)8-9-15(3,7-5-13)16(13,14,10,11)12/h4-9H2,1-3H3/q+1. The summed E-state index contributed by atoms with van der Waals surface area (Å²) in [5.41, 5.74) is 0. The molecule has 0 N–H and O–H groups in total. The first-order valence-electron chi connectivity index (χ1n) is 5.98. The van der Waals surface area contributed by atoms with Crippen molar-refractivity contribution >= 4 is 38.3 Å². The van der Waals surface area contributed by atoms with Gasteiger partial charge in [-0.3, -0.25) is 0 Å². The Hall–Kier alpha value is 0.967. The zero-order chi connectivity index (χ0) is 12.2. The van der Waals surface area contributed by atoms with Crippen molar-refractivity contribution in [3.05, 3.63) is 0 Å². The molecule has 0 aromatic carbocycles. The van der Waals surface area contributed by atoms with E-state index in [0.717, 1.165) is 39.3 Å². The van der Waals surface area contributed by atoms with Crippen molar-refractivity contribution in [2.45, 2.75) is 0 Å². The Balaban J connectivity index is 2.46. The molecule has 96 valence electrons. The van der Waals surface area contributed by atoms with Crippen LogP contribution < -0.4 is 0 Å². The second kappa shape index (κ2) is 2.24. The van der Waals surface area contributed by atoms with Crippen LogP contribution in [0.3, 0.4) is 0 Å². The summed E-state index contributed by atoms with van der Waals surface area (Å²) in [7, 11) is 6.53. The van der Waals surface area contributed by atoms with Crippen LogP contribution in [0, 0.1) is 0 Å². The van der Waals surface area contributed by atoms with E-state index in [2.05, 4.69) is 21.1 Å². The van der Waals surface area contributed by atoms with E-state index < -0.39 is 5.04 Å². The number of likely N-dealkylation sites (N-methyl/N-ethyl adjacent to an activating group) is 3. The van der Waals surface area contributed by atoms with Crippen molar-refractivity contribution in [3.8, 4) is 0 Å². The van der Waals surface area contributed by atoms with Gasteiger partial charge in [0.05, 0.1) is 0 Å². The monoisotopic (exact) mass is 304 g/mol. The molecule has 16 heavy (non-hydrogen) atoms. The van der Waals surface area contributed by atoms with Gasteiger partial charge in [-0.25, -0.2) is 0 Å². The van der Waals surface area contributed by atoms with Crippen molar-refractivity contribution in [3.63, 3.8) is 0 Å². The average Bonchev–Trinajstić information content (AvgIpc) is 2.48. The summed E-state index contributed by atoms with van der Waals surface area (Å²) in [6.45, 7) is 6.11. The molecule has 3 heterocycles. The third-order valence-corrected chi connectivity index (χ3v) is 25.5. The third-order valence-electron chi connectivity index (χ3n) is 6.55. The van der Waals surface area contributed by atoms with Crippen LogP contribution in [-0.2, 0) is 0 Å². The van der Waals surface area contributed by atoms with Gasteiger partial charge in [-0.15, -0.1) is 0 Å². The predicted molar refractivity (Wildman–Crippen MR) is 71.1 cm³/mol. The molecule has 0 spiro atoms. The fourth-order valence-electron chi connectivity index (χ4n) is 4.77. The molecule has 3 nitrogen and oxygen atoms in total. The second-order valence-corrected chi connectivity index (χ2v) is 22.3. The van der Waals surface area contributed by atoms with E-state index in [1.807, 2.05) is 0 Å². The zero-order valence-electron chi connectivity index (χ0n) is 10.2. The molecule has 0 amide bonds. The van der Waals surface area contributed by atoms with Crippen LogP contribution in [0.2, 0.25) is 0 Å². The van der Waals surface area contributed by atoms with Crippen LogP contribution in [0.25, 0.3) is 0 Å². The van der Waals surface area contributed by atoms with E-state index in [1.165, 1.54) is 0 Å². The molecule has 0 atom stereocenters. The molecule has 0 aromatic rings. The average molecular weight is 306 g/mol. The fraction of sp³-hybridized carbons (Fsp3) is 1.00. The van der Waals surface area contributed by atoms with Gasteiger partial charge in [-0.1, -0.05) is 0 Å². The Morgan fingerprint density at radius 3 is 1.00 bits per heavy atom. The molecule has 0 radical (unpaired) electrons. The molecule has 0 unspecified atom stereocenters. The molecule has 3 aliphatic rings. The molecular weight excluding hydrogens is 285 g/mol. The summed E-state index contributed by atoms with van der Waals surface area (Å²) >= 11 is 21.8. The van der Waals surface area contributed by atoms with E-state index in [4.69, 9.17) is 33.2 Å². The maximum atomic E-state index is 7.27.